The molecule has 8 nitrogen and oxygen atoms in total. The second-order valence-electron chi connectivity index (χ2n) is 10.6. The molecule has 6 unspecified atom stereocenters. The molecule has 6 rings (SSSR count). The summed E-state index contributed by atoms with van der Waals surface area (Å²) in [4.78, 5) is 52.3. The van der Waals surface area contributed by atoms with E-state index in [2.05, 4.69) is 20.7 Å². The van der Waals surface area contributed by atoms with Crippen molar-refractivity contribution in [1.82, 2.24) is 4.90 Å². The predicted molar refractivity (Wildman–Crippen MR) is 147 cm³/mol. The molecular formula is C28H20BrCl2F3N2O6. The van der Waals surface area contributed by atoms with Gasteiger partial charge in [-0.3, -0.25) is 29.0 Å². The van der Waals surface area contributed by atoms with Crippen molar-refractivity contribution in [2.45, 2.75) is 34.9 Å². The highest BCUT2D eigenvalue weighted by molar-refractivity contribution is 9.09. The molecular weight excluding hydrogens is 668 g/mol. The van der Waals surface area contributed by atoms with Crippen LogP contribution in [-0.4, -0.2) is 55.2 Å². The van der Waals surface area contributed by atoms with E-state index >= 15 is 0 Å². The number of aromatic hydroxyl groups is 1. The molecule has 14 heteroatoms. The van der Waals surface area contributed by atoms with Crippen LogP contribution in [-0.2, 0) is 19.2 Å². The zero-order valence-electron chi connectivity index (χ0n) is 21.3. The van der Waals surface area contributed by atoms with Crippen LogP contribution >= 0.6 is 39.1 Å². The smallest absolute Gasteiger partial charge is 0.508 e. The van der Waals surface area contributed by atoms with Gasteiger partial charge in [0.15, 0.2) is 9.75 Å². The van der Waals surface area contributed by atoms with Crippen LogP contribution in [0.25, 0.3) is 0 Å². The number of likely N-dealkylation sites (tertiary alicyclic amines) is 1. The molecule has 3 fully saturated rings. The summed E-state index contributed by atoms with van der Waals surface area (Å²) in [5.74, 6) is -8.21. The van der Waals surface area contributed by atoms with Gasteiger partial charge in [-0.25, -0.2) is 0 Å². The monoisotopic (exact) mass is 686 g/mol. The van der Waals surface area contributed by atoms with Crippen LogP contribution in [0.4, 0.5) is 18.9 Å². The fourth-order valence-corrected chi connectivity index (χ4v) is 8.31. The molecule has 4 aliphatic rings. The first-order valence-electron chi connectivity index (χ1n) is 12.8. The standard InChI is InChI=1S/C28H20BrCl2F3N2O6/c29-12-35-24(40)26(30)11-18-15(7-8-16-20(18)23(39)36(22(16)38)13-4-2-1-3-5-13)21(27(26,31)25(35)41)17-10-14(6-9-19(17)37)42-28(32,33)34/h1-7,9-10,16,18,20-21,37H,8,11-12H2. The van der Waals surface area contributed by atoms with Crippen molar-refractivity contribution in [3.05, 3.63) is 65.7 Å². The lowest BCUT2D eigenvalue weighted by atomic mass is 9.56. The number of carbonyl (C=O) groups is 4. The maximum atomic E-state index is 13.9. The average molecular weight is 688 g/mol. The van der Waals surface area contributed by atoms with Crippen molar-refractivity contribution in [3.8, 4) is 11.5 Å². The number of ether oxygens (including phenoxy) is 1. The van der Waals surface area contributed by atoms with Crippen LogP contribution in [0.5, 0.6) is 11.5 Å². The summed E-state index contributed by atoms with van der Waals surface area (Å²) >= 11 is 17.2. The maximum absolute atomic E-state index is 13.9. The Kier molecular flexibility index (Phi) is 6.71. The molecule has 220 valence electrons. The van der Waals surface area contributed by atoms with Crippen LogP contribution in [0.2, 0.25) is 0 Å². The van der Waals surface area contributed by atoms with Crippen LogP contribution in [0.3, 0.4) is 0 Å². The van der Waals surface area contributed by atoms with Crippen molar-refractivity contribution in [2.24, 2.45) is 17.8 Å². The maximum Gasteiger partial charge on any atom is 0.573 e. The third-order valence-electron chi connectivity index (χ3n) is 8.57. The van der Waals surface area contributed by atoms with Crippen molar-refractivity contribution in [1.29, 1.82) is 0 Å². The number of benzene rings is 2. The number of amides is 4. The molecule has 0 aromatic heterocycles. The summed E-state index contributed by atoms with van der Waals surface area (Å²) in [6, 6.07) is 11.0. The zero-order valence-corrected chi connectivity index (χ0v) is 24.4. The topological polar surface area (TPSA) is 104 Å². The Hall–Kier alpha value is -3.09. The van der Waals surface area contributed by atoms with Crippen molar-refractivity contribution in [3.63, 3.8) is 0 Å². The molecule has 0 spiro atoms. The second-order valence-corrected chi connectivity index (χ2v) is 12.3. The number of nitrogens with zero attached hydrogens (tertiary/aromatic N) is 2. The Morgan fingerprint density at radius 3 is 2.33 bits per heavy atom. The van der Waals surface area contributed by atoms with E-state index in [9.17, 15) is 37.5 Å². The van der Waals surface area contributed by atoms with Crippen molar-refractivity contribution < 1.29 is 42.2 Å². The number of carbonyl (C=O) groups excluding carboxylic acids is 4. The van der Waals surface area contributed by atoms with Crippen molar-refractivity contribution in [2.75, 3.05) is 10.4 Å². The van der Waals surface area contributed by atoms with E-state index in [0.717, 1.165) is 28.0 Å². The molecule has 2 aliphatic heterocycles. The minimum absolute atomic E-state index is 0.0486. The van der Waals surface area contributed by atoms with Gasteiger partial charge < -0.3 is 9.84 Å². The molecule has 2 heterocycles. The summed E-state index contributed by atoms with van der Waals surface area (Å²) in [6.45, 7) is 0. The summed E-state index contributed by atoms with van der Waals surface area (Å²) < 4.78 is 43.4. The number of phenolic OH excluding ortho intramolecular Hbond substituents is 1. The quantitative estimate of drug-likeness (QED) is 0.205. The van der Waals surface area contributed by atoms with Crippen LogP contribution < -0.4 is 9.64 Å². The highest BCUT2D eigenvalue weighted by atomic mass is 79.9. The molecule has 0 bridgehead atoms. The Morgan fingerprint density at radius 2 is 1.69 bits per heavy atom. The van der Waals surface area contributed by atoms with Gasteiger partial charge in [-0.2, -0.15) is 0 Å². The van der Waals surface area contributed by atoms with E-state index in [0.29, 0.717) is 11.3 Å². The van der Waals surface area contributed by atoms with Crippen LogP contribution in [0.15, 0.2) is 60.2 Å². The summed E-state index contributed by atoms with van der Waals surface area (Å²) in [5.41, 5.74) is 0.143. The first-order valence-corrected chi connectivity index (χ1v) is 14.6. The molecule has 2 saturated heterocycles. The zero-order chi connectivity index (χ0) is 30.4. The lowest BCUT2D eigenvalue weighted by Gasteiger charge is -2.50. The van der Waals surface area contributed by atoms with Gasteiger partial charge >= 0.3 is 6.36 Å². The number of halogens is 6. The number of hydrogen-bond acceptors (Lipinski definition) is 6. The van der Waals surface area contributed by atoms with E-state index in [1.54, 1.807) is 36.4 Å². The van der Waals surface area contributed by atoms with Gasteiger partial charge in [0.25, 0.3) is 11.8 Å². The first-order chi connectivity index (χ1) is 19.7. The number of allylic oxidation sites excluding steroid dienone is 2. The number of para-hydroxylation sites is 1. The second kappa shape index (κ2) is 9.72. The lowest BCUT2D eigenvalue weighted by molar-refractivity contribution is -0.274. The number of imide groups is 2. The van der Waals surface area contributed by atoms with Gasteiger partial charge in [0.1, 0.15) is 11.5 Å². The van der Waals surface area contributed by atoms with E-state index in [4.69, 9.17) is 23.2 Å². The molecule has 6 atom stereocenters. The fourth-order valence-electron chi connectivity index (χ4n) is 6.89. The molecule has 2 aromatic carbocycles. The van der Waals surface area contributed by atoms with E-state index < -0.39 is 74.9 Å². The van der Waals surface area contributed by atoms with Crippen LogP contribution in [0, 0.1) is 17.8 Å². The number of fused-ring (bicyclic) bond motifs is 4. The molecule has 2 aliphatic carbocycles. The first kappa shape index (κ1) is 29.0. The van der Waals surface area contributed by atoms with E-state index in [1.807, 2.05) is 0 Å². The SMILES string of the molecule is O=C1C2CC=C3C(CC4(Cl)C(=O)N(CBr)C(=O)C4(Cl)C3c3cc(OC(F)(F)F)ccc3O)C2C(=O)N1c1ccccc1. The lowest BCUT2D eigenvalue weighted by Crippen LogP contribution is -2.60. The summed E-state index contributed by atoms with van der Waals surface area (Å²) in [7, 11) is 0. The Labute approximate surface area is 255 Å². The number of alkyl halides is 6. The largest absolute Gasteiger partial charge is 0.573 e. The normalized spacial score (nSPS) is 32.5. The molecule has 42 heavy (non-hydrogen) atoms. The van der Waals surface area contributed by atoms with Gasteiger partial charge in [0, 0.05) is 11.5 Å². The van der Waals surface area contributed by atoms with Gasteiger partial charge in [-0.15, -0.1) is 36.4 Å². The summed E-state index contributed by atoms with van der Waals surface area (Å²) in [6.07, 6.45) is -3.72. The highest BCUT2D eigenvalue weighted by Crippen LogP contribution is 2.66. The number of rotatable bonds is 4. The minimum Gasteiger partial charge on any atom is -0.508 e. The van der Waals surface area contributed by atoms with E-state index in [1.165, 1.54) is 0 Å². The third-order valence-corrected chi connectivity index (χ3v) is 10.5. The molecule has 1 N–H and O–H groups in total. The molecule has 0 radical (unpaired) electrons. The van der Waals surface area contributed by atoms with Gasteiger partial charge in [-0.05, 0) is 49.1 Å². The third kappa shape index (κ3) is 3.94. The molecule has 2 aromatic rings. The van der Waals surface area contributed by atoms with Gasteiger partial charge in [0.05, 0.1) is 23.0 Å². The predicted octanol–water partition coefficient (Wildman–Crippen LogP) is 5.21. The minimum atomic E-state index is -5.07. The molecule has 1 saturated carbocycles. The number of phenols is 1. The van der Waals surface area contributed by atoms with E-state index in [-0.39, 0.29) is 23.9 Å². The number of hydrogen-bond donors (Lipinski definition) is 1. The van der Waals surface area contributed by atoms with Crippen LogP contribution in [0.1, 0.15) is 24.3 Å². The summed E-state index contributed by atoms with van der Waals surface area (Å²) in [5, 5.41) is 10.9. The highest BCUT2D eigenvalue weighted by Gasteiger charge is 2.76. The van der Waals surface area contributed by atoms with Gasteiger partial charge in [0.2, 0.25) is 11.8 Å². The molecule has 4 amide bonds. The van der Waals surface area contributed by atoms with Gasteiger partial charge in [-0.1, -0.05) is 45.8 Å². The fraction of sp³-hybridized carbons (Fsp3) is 0.357. The Morgan fingerprint density at radius 1 is 1.00 bits per heavy atom. The average Bonchev–Trinajstić information content (AvgIpc) is 3.27. The van der Waals surface area contributed by atoms with Crippen molar-refractivity contribution >= 4 is 68.4 Å². The Bertz CT molecular complexity index is 1570. The number of anilines is 1. The Balaban J connectivity index is 1.54.